The lowest BCUT2D eigenvalue weighted by molar-refractivity contribution is 0.0651. The molecule has 2 aromatic carbocycles. The SMILES string of the molecule is CCCCN1C(=O)c2ccc(C(=O)Nc3ccc(C(=O)N(CC)CC)cc3)cc2C1=O. The maximum Gasteiger partial charge on any atom is 0.261 e. The summed E-state index contributed by atoms with van der Waals surface area (Å²) < 4.78 is 0. The molecule has 0 spiro atoms. The summed E-state index contributed by atoms with van der Waals surface area (Å²) in [5.74, 6) is -1.12. The van der Waals surface area contributed by atoms with Gasteiger partial charge in [0, 0.05) is 36.4 Å². The minimum Gasteiger partial charge on any atom is -0.339 e. The molecule has 1 N–H and O–H groups in total. The van der Waals surface area contributed by atoms with Crippen LogP contribution in [0.1, 0.15) is 75.0 Å². The highest BCUT2D eigenvalue weighted by atomic mass is 16.2. The molecule has 0 aliphatic carbocycles. The fourth-order valence-corrected chi connectivity index (χ4v) is 3.54. The second-order valence-electron chi connectivity index (χ2n) is 7.38. The van der Waals surface area contributed by atoms with E-state index in [0.29, 0.717) is 42.0 Å². The van der Waals surface area contributed by atoms with Gasteiger partial charge in [-0.3, -0.25) is 24.1 Å². The van der Waals surface area contributed by atoms with Crippen molar-refractivity contribution in [3.05, 3.63) is 64.7 Å². The summed E-state index contributed by atoms with van der Waals surface area (Å²) in [6.45, 7) is 7.48. The number of rotatable bonds is 8. The quantitative estimate of drug-likeness (QED) is 0.657. The van der Waals surface area contributed by atoms with Gasteiger partial charge >= 0.3 is 0 Å². The first-order valence-corrected chi connectivity index (χ1v) is 10.6. The van der Waals surface area contributed by atoms with Crippen molar-refractivity contribution < 1.29 is 19.2 Å². The Bertz CT molecular complexity index is 1010. The topological polar surface area (TPSA) is 86.8 Å². The van der Waals surface area contributed by atoms with Gasteiger partial charge in [0.25, 0.3) is 23.6 Å². The Hall–Kier alpha value is -3.48. The van der Waals surface area contributed by atoms with Crippen LogP contribution in [0.5, 0.6) is 0 Å². The molecule has 0 bridgehead atoms. The molecular formula is C24H27N3O4. The summed E-state index contributed by atoms with van der Waals surface area (Å²) in [4.78, 5) is 53.1. The molecule has 0 fully saturated rings. The maximum absolute atomic E-state index is 12.7. The zero-order valence-electron chi connectivity index (χ0n) is 18.1. The Kier molecular flexibility index (Phi) is 6.84. The molecule has 4 amide bonds. The van der Waals surface area contributed by atoms with Crippen LogP contribution in [0.15, 0.2) is 42.5 Å². The molecule has 7 nitrogen and oxygen atoms in total. The van der Waals surface area contributed by atoms with E-state index in [4.69, 9.17) is 0 Å². The van der Waals surface area contributed by atoms with Crippen LogP contribution in [0.4, 0.5) is 5.69 Å². The lowest BCUT2D eigenvalue weighted by Crippen LogP contribution is -2.30. The Morgan fingerprint density at radius 1 is 0.871 bits per heavy atom. The molecule has 1 aliphatic heterocycles. The predicted molar refractivity (Wildman–Crippen MR) is 118 cm³/mol. The summed E-state index contributed by atoms with van der Waals surface area (Å²) in [6.07, 6.45) is 1.62. The summed E-state index contributed by atoms with van der Waals surface area (Å²) in [5.41, 5.74) is 1.97. The first-order chi connectivity index (χ1) is 14.9. The average Bonchev–Trinajstić information content (AvgIpc) is 3.02. The van der Waals surface area contributed by atoms with Crippen LogP contribution < -0.4 is 5.32 Å². The minimum absolute atomic E-state index is 0.0581. The van der Waals surface area contributed by atoms with Gasteiger partial charge in [-0.05, 0) is 62.7 Å². The Morgan fingerprint density at radius 3 is 2.10 bits per heavy atom. The molecule has 2 aromatic rings. The van der Waals surface area contributed by atoms with Crippen LogP contribution in [-0.4, -0.2) is 53.1 Å². The van der Waals surface area contributed by atoms with E-state index in [-0.39, 0.29) is 23.3 Å². The van der Waals surface area contributed by atoms with Gasteiger partial charge in [0.15, 0.2) is 0 Å². The third kappa shape index (κ3) is 4.50. The van der Waals surface area contributed by atoms with Gasteiger partial charge < -0.3 is 10.2 Å². The number of nitrogens with one attached hydrogen (secondary N) is 1. The molecule has 162 valence electrons. The highest BCUT2D eigenvalue weighted by molar-refractivity contribution is 6.22. The molecule has 1 aliphatic rings. The van der Waals surface area contributed by atoms with Crippen molar-refractivity contribution in [2.75, 3.05) is 25.0 Å². The first kappa shape index (κ1) is 22.2. The van der Waals surface area contributed by atoms with E-state index in [1.807, 2.05) is 20.8 Å². The third-order valence-corrected chi connectivity index (χ3v) is 5.41. The van der Waals surface area contributed by atoms with E-state index in [9.17, 15) is 19.2 Å². The molecule has 31 heavy (non-hydrogen) atoms. The standard InChI is InChI=1S/C24H27N3O4/c1-4-7-14-27-23(30)19-13-10-17(15-20(19)24(27)31)21(28)25-18-11-8-16(9-12-18)22(29)26(5-2)6-3/h8-13,15H,4-7,14H2,1-3H3,(H,25,28). The van der Waals surface area contributed by atoms with Crippen LogP contribution in [0.25, 0.3) is 0 Å². The summed E-state index contributed by atoms with van der Waals surface area (Å²) in [6, 6.07) is 11.2. The van der Waals surface area contributed by atoms with E-state index >= 15 is 0 Å². The van der Waals surface area contributed by atoms with Gasteiger partial charge in [0.1, 0.15) is 0 Å². The molecule has 0 unspecified atom stereocenters. The number of carbonyl (C=O) groups is 4. The number of benzene rings is 2. The lowest BCUT2D eigenvalue weighted by Gasteiger charge is -2.18. The number of anilines is 1. The van der Waals surface area contributed by atoms with Gasteiger partial charge in [-0.1, -0.05) is 13.3 Å². The van der Waals surface area contributed by atoms with Gasteiger partial charge in [0.05, 0.1) is 11.1 Å². The summed E-state index contributed by atoms with van der Waals surface area (Å²) in [7, 11) is 0. The van der Waals surface area contributed by atoms with Crippen LogP contribution in [0.2, 0.25) is 0 Å². The van der Waals surface area contributed by atoms with E-state index in [0.717, 1.165) is 12.8 Å². The zero-order chi connectivity index (χ0) is 22.5. The second kappa shape index (κ2) is 9.55. The number of imide groups is 1. The second-order valence-corrected chi connectivity index (χ2v) is 7.38. The van der Waals surface area contributed by atoms with Crippen molar-refractivity contribution in [3.63, 3.8) is 0 Å². The predicted octanol–water partition coefficient (Wildman–Crippen LogP) is 3.82. The average molecular weight is 421 g/mol. The van der Waals surface area contributed by atoms with Crippen LogP contribution >= 0.6 is 0 Å². The zero-order valence-corrected chi connectivity index (χ0v) is 18.1. The van der Waals surface area contributed by atoms with Gasteiger partial charge in [-0.25, -0.2) is 0 Å². The highest BCUT2D eigenvalue weighted by Gasteiger charge is 2.35. The number of unbranched alkanes of at least 4 members (excludes halogenated alkanes) is 1. The molecule has 1 heterocycles. The van der Waals surface area contributed by atoms with Crippen LogP contribution in [-0.2, 0) is 0 Å². The van der Waals surface area contributed by atoms with Crippen LogP contribution in [0.3, 0.4) is 0 Å². The van der Waals surface area contributed by atoms with Gasteiger partial charge in [-0.2, -0.15) is 0 Å². The lowest BCUT2D eigenvalue weighted by atomic mass is 10.1. The Balaban J connectivity index is 1.73. The largest absolute Gasteiger partial charge is 0.339 e. The van der Waals surface area contributed by atoms with Gasteiger partial charge in [0.2, 0.25) is 0 Å². The van der Waals surface area contributed by atoms with Crippen LogP contribution in [0, 0.1) is 0 Å². The molecule has 0 saturated carbocycles. The van der Waals surface area contributed by atoms with E-state index in [2.05, 4.69) is 5.32 Å². The molecule has 7 heteroatoms. The number of nitrogens with zero attached hydrogens (tertiary/aromatic N) is 2. The van der Waals surface area contributed by atoms with Crippen molar-refractivity contribution in [1.82, 2.24) is 9.80 Å². The van der Waals surface area contributed by atoms with E-state index in [1.54, 1.807) is 35.2 Å². The minimum atomic E-state index is -0.391. The number of carbonyl (C=O) groups excluding carboxylic acids is 4. The van der Waals surface area contributed by atoms with Gasteiger partial charge in [-0.15, -0.1) is 0 Å². The maximum atomic E-state index is 12.7. The first-order valence-electron chi connectivity index (χ1n) is 10.6. The van der Waals surface area contributed by atoms with E-state index < -0.39 is 5.91 Å². The van der Waals surface area contributed by atoms with Crippen molar-refractivity contribution in [3.8, 4) is 0 Å². The Labute approximate surface area is 182 Å². The molecule has 0 atom stereocenters. The highest BCUT2D eigenvalue weighted by Crippen LogP contribution is 2.25. The smallest absolute Gasteiger partial charge is 0.261 e. The number of hydrogen-bond acceptors (Lipinski definition) is 4. The molecule has 0 radical (unpaired) electrons. The van der Waals surface area contributed by atoms with Crippen molar-refractivity contribution >= 4 is 29.3 Å². The molecular weight excluding hydrogens is 394 g/mol. The fraction of sp³-hybridized carbons (Fsp3) is 0.333. The fourth-order valence-electron chi connectivity index (χ4n) is 3.54. The monoisotopic (exact) mass is 421 g/mol. The Morgan fingerprint density at radius 2 is 1.48 bits per heavy atom. The number of amides is 4. The summed E-state index contributed by atoms with van der Waals surface area (Å²) >= 11 is 0. The van der Waals surface area contributed by atoms with Crippen molar-refractivity contribution in [1.29, 1.82) is 0 Å². The number of hydrogen-bond donors (Lipinski definition) is 1. The van der Waals surface area contributed by atoms with Crippen molar-refractivity contribution in [2.24, 2.45) is 0 Å². The molecule has 0 saturated heterocycles. The molecule has 3 rings (SSSR count). The van der Waals surface area contributed by atoms with Crippen molar-refractivity contribution in [2.45, 2.75) is 33.6 Å². The summed E-state index contributed by atoms with van der Waals surface area (Å²) in [5, 5.41) is 2.77. The number of fused-ring (bicyclic) bond motifs is 1. The van der Waals surface area contributed by atoms with E-state index in [1.165, 1.54) is 17.0 Å². The normalized spacial score (nSPS) is 12.7. The molecule has 0 aromatic heterocycles. The third-order valence-electron chi connectivity index (χ3n) is 5.41.